The van der Waals surface area contributed by atoms with Gasteiger partial charge in [-0.2, -0.15) is 5.10 Å². The maximum Gasteiger partial charge on any atom is 0.290 e. The first-order valence-electron chi connectivity index (χ1n) is 10.8. The number of allylic oxidation sites excluding steroid dienone is 3. The number of rotatable bonds is 6. The van der Waals surface area contributed by atoms with Crippen molar-refractivity contribution in [1.29, 1.82) is 0 Å². The standard InChI is InChI=1S/C24H33N5O/c1-4-6-19(13-17(2)3)24(16-25)10-8-20(9-11-24)29-23(30)21(26)14-22(28-29)18-7-5-12-27-15-18/h5-7,12-15,20H,4,8-11,16,25-26H2,1-3H3/b19-6+. The number of nitrogens with two attached hydrogens (primary N) is 2. The lowest BCUT2D eigenvalue weighted by Gasteiger charge is -2.41. The summed E-state index contributed by atoms with van der Waals surface area (Å²) in [5.74, 6) is 0. The van der Waals surface area contributed by atoms with E-state index in [1.807, 2.05) is 12.1 Å². The quantitative estimate of drug-likeness (QED) is 0.697. The van der Waals surface area contributed by atoms with Crippen molar-refractivity contribution in [1.82, 2.24) is 14.8 Å². The van der Waals surface area contributed by atoms with Crippen molar-refractivity contribution in [2.75, 3.05) is 12.3 Å². The number of nitrogen functional groups attached to an aromatic ring is 1. The maximum atomic E-state index is 12.8. The van der Waals surface area contributed by atoms with E-state index >= 15 is 0 Å². The average Bonchev–Trinajstić information content (AvgIpc) is 2.76. The highest BCUT2D eigenvalue weighted by molar-refractivity contribution is 5.60. The third kappa shape index (κ3) is 4.54. The van der Waals surface area contributed by atoms with Gasteiger partial charge in [0.25, 0.3) is 5.56 Å². The SMILES string of the molecule is CC/C=C(\C=C(C)C)C1(CN)CCC(n2nc(-c3cccnc3)cc(N)c2=O)CC1. The van der Waals surface area contributed by atoms with Crippen LogP contribution >= 0.6 is 0 Å². The van der Waals surface area contributed by atoms with Crippen molar-refractivity contribution in [2.24, 2.45) is 11.1 Å². The van der Waals surface area contributed by atoms with Crippen molar-refractivity contribution in [3.05, 3.63) is 64.2 Å². The molecule has 6 heteroatoms. The Morgan fingerprint density at radius 2 is 2.07 bits per heavy atom. The molecule has 0 unspecified atom stereocenters. The van der Waals surface area contributed by atoms with Crippen LogP contribution in [-0.4, -0.2) is 21.3 Å². The van der Waals surface area contributed by atoms with Crippen molar-refractivity contribution >= 4 is 5.69 Å². The van der Waals surface area contributed by atoms with Gasteiger partial charge in [0.05, 0.1) is 11.7 Å². The van der Waals surface area contributed by atoms with Gasteiger partial charge in [0.15, 0.2) is 0 Å². The summed E-state index contributed by atoms with van der Waals surface area (Å²) in [6, 6.07) is 5.43. The van der Waals surface area contributed by atoms with Crippen molar-refractivity contribution in [3.8, 4) is 11.3 Å². The number of hydrogen-bond acceptors (Lipinski definition) is 5. The molecule has 0 saturated heterocycles. The van der Waals surface area contributed by atoms with Crippen molar-refractivity contribution in [2.45, 2.75) is 58.9 Å². The molecular weight excluding hydrogens is 374 g/mol. The van der Waals surface area contributed by atoms with E-state index in [2.05, 4.69) is 43.0 Å². The van der Waals surface area contributed by atoms with Crippen LogP contribution in [0.3, 0.4) is 0 Å². The minimum atomic E-state index is -0.221. The predicted molar refractivity (Wildman–Crippen MR) is 123 cm³/mol. The molecule has 0 spiro atoms. The zero-order valence-corrected chi connectivity index (χ0v) is 18.3. The molecule has 2 heterocycles. The maximum absolute atomic E-state index is 12.8. The van der Waals surface area contributed by atoms with Crippen molar-refractivity contribution < 1.29 is 0 Å². The summed E-state index contributed by atoms with van der Waals surface area (Å²) in [5.41, 5.74) is 16.4. The molecule has 0 atom stereocenters. The van der Waals surface area contributed by atoms with Gasteiger partial charge in [-0.05, 0) is 69.7 Å². The van der Waals surface area contributed by atoms with Crippen LogP contribution in [0.4, 0.5) is 5.69 Å². The van der Waals surface area contributed by atoms with Gasteiger partial charge in [0.1, 0.15) is 5.69 Å². The molecule has 30 heavy (non-hydrogen) atoms. The molecule has 0 bridgehead atoms. The van der Waals surface area contributed by atoms with Gasteiger partial charge in [-0.15, -0.1) is 0 Å². The second-order valence-electron chi connectivity index (χ2n) is 8.48. The lowest BCUT2D eigenvalue weighted by molar-refractivity contribution is 0.190. The summed E-state index contributed by atoms with van der Waals surface area (Å²) >= 11 is 0. The highest BCUT2D eigenvalue weighted by Gasteiger charge is 2.37. The van der Waals surface area contributed by atoms with Gasteiger partial charge < -0.3 is 11.5 Å². The molecule has 6 nitrogen and oxygen atoms in total. The van der Waals surface area contributed by atoms with E-state index in [0.29, 0.717) is 12.2 Å². The van der Waals surface area contributed by atoms with Crippen molar-refractivity contribution in [3.63, 3.8) is 0 Å². The van der Waals surface area contributed by atoms with E-state index in [0.717, 1.165) is 37.7 Å². The lowest BCUT2D eigenvalue weighted by Crippen LogP contribution is -2.39. The molecule has 1 saturated carbocycles. The molecule has 1 fully saturated rings. The fraction of sp³-hybridized carbons (Fsp3) is 0.458. The van der Waals surface area contributed by atoms with E-state index in [1.54, 1.807) is 23.1 Å². The van der Waals surface area contributed by atoms with Gasteiger partial charge in [-0.1, -0.05) is 24.6 Å². The molecule has 0 radical (unpaired) electrons. The van der Waals surface area contributed by atoms with Gasteiger partial charge in [0, 0.05) is 29.9 Å². The number of nitrogens with zero attached hydrogens (tertiary/aromatic N) is 3. The van der Waals surface area contributed by atoms with Crippen LogP contribution < -0.4 is 17.0 Å². The summed E-state index contributed by atoms with van der Waals surface area (Å²) in [5, 5.41) is 4.66. The minimum absolute atomic E-state index is 0.0191. The Morgan fingerprint density at radius 1 is 1.33 bits per heavy atom. The minimum Gasteiger partial charge on any atom is -0.394 e. The fourth-order valence-corrected chi connectivity index (χ4v) is 4.40. The summed E-state index contributed by atoms with van der Waals surface area (Å²) in [6.07, 6.45) is 12.5. The van der Waals surface area contributed by atoms with Gasteiger partial charge >= 0.3 is 0 Å². The largest absolute Gasteiger partial charge is 0.394 e. The van der Waals surface area contributed by atoms with Crippen LogP contribution in [0.1, 0.15) is 58.9 Å². The summed E-state index contributed by atoms with van der Waals surface area (Å²) < 4.78 is 1.59. The fourth-order valence-electron chi connectivity index (χ4n) is 4.40. The van der Waals surface area contributed by atoms with Crippen LogP contribution in [0.5, 0.6) is 0 Å². The molecule has 4 N–H and O–H groups in total. The topological polar surface area (TPSA) is 99.8 Å². The first-order valence-corrected chi connectivity index (χ1v) is 10.8. The Morgan fingerprint density at radius 3 is 2.63 bits per heavy atom. The van der Waals surface area contributed by atoms with Gasteiger partial charge in [-0.25, -0.2) is 4.68 Å². The third-order valence-corrected chi connectivity index (χ3v) is 6.05. The van der Waals surface area contributed by atoms with Crippen LogP contribution in [0.2, 0.25) is 0 Å². The normalized spacial score (nSPS) is 22.0. The van der Waals surface area contributed by atoms with Gasteiger partial charge in [0.2, 0.25) is 0 Å². The first kappa shape index (κ1) is 22.0. The molecule has 3 rings (SSSR count). The highest BCUT2D eigenvalue weighted by Crippen LogP contribution is 2.45. The van der Waals surface area contributed by atoms with E-state index in [1.165, 1.54) is 11.1 Å². The Bertz CT molecular complexity index is 978. The summed E-state index contributed by atoms with van der Waals surface area (Å²) in [4.78, 5) is 16.9. The molecule has 2 aromatic rings. The van der Waals surface area contributed by atoms with Crippen LogP contribution in [0.15, 0.2) is 58.7 Å². The molecule has 0 aromatic carbocycles. The monoisotopic (exact) mass is 407 g/mol. The Kier molecular flexibility index (Phi) is 6.87. The predicted octanol–water partition coefficient (Wildman–Crippen LogP) is 4.25. The molecule has 2 aromatic heterocycles. The highest BCUT2D eigenvalue weighted by atomic mass is 16.1. The molecule has 1 aliphatic rings. The van der Waals surface area contributed by atoms with E-state index in [-0.39, 0.29) is 22.7 Å². The molecule has 0 amide bonds. The molecule has 0 aliphatic heterocycles. The van der Waals surface area contributed by atoms with Crippen LogP contribution in [-0.2, 0) is 0 Å². The summed E-state index contributed by atoms with van der Waals surface area (Å²) in [7, 11) is 0. The number of aromatic nitrogens is 3. The lowest BCUT2D eigenvalue weighted by atomic mass is 9.67. The second kappa shape index (κ2) is 9.39. The average molecular weight is 408 g/mol. The number of pyridine rings is 1. The molecule has 1 aliphatic carbocycles. The zero-order valence-electron chi connectivity index (χ0n) is 18.3. The third-order valence-electron chi connectivity index (χ3n) is 6.05. The Labute approximate surface area is 178 Å². The van der Waals surface area contributed by atoms with Crippen LogP contribution in [0.25, 0.3) is 11.3 Å². The Balaban J connectivity index is 1.90. The number of anilines is 1. The van der Waals surface area contributed by atoms with Gasteiger partial charge in [-0.3, -0.25) is 9.78 Å². The van der Waals surface area contributed by atoms with E-state index in [4.69, 9.17) is 11.5 Å². The second-order valence-corrected chi connectivity index (χ2v) is 8.48. The molecule has 160 valence electrons. The Hall–Kier alpha value is -2.73. The smallest absolute Gasteiger partial charge is 0.290 e. The van der Waals surface area contributed by atoms with E-state index < -0.39 is 0 Å². The summed E-state index contributed by atoms with van der Waals surface area (Å²) in [6.45, 7) is 7.01. The van der Waals surface area contributed by atoms with Crippen LogP contribution in [0, 0.1) is 5.41 Å². The van der Waals surface area contributed by atoms with E-state index in [9.17, 15) is 4.79 Å². The number of hydrogen-bond donors (Lipinski definition) is 2. The molecular formula is C24H33N5O. The first-order chi connectivity index (χ1) is 14.4. The zero-order chi connectivity index (χ0) is 21.7.